The van der Waals surface area contributed by atoms with E-state index in [1.807, 2.05) is 50.2 Å². The number of phenolic OH excluding ortho intramolecular Hbond substituents is 2. The highest BCUT2D eigenvalue weighted by Crippen LogP contribution is 2.30. The van der Waals surface area contributed by atoms with Crippen molar-refractivity contribution in [3.63, 3.8) is 0 Å². The van der Waals surface area contributed by atoms with Crippen LogP contribution >= 0.6 is 0 Å². The fourth-order valence-corrected chi connectivity index (χ4v) is 4.36. The summed E-state index contributed by atoms with van der Waals surface area (Å²) in [5.41, 5.74) is 4.38. The van der Waals surface area contributed by atoms with Gasteiger partial charge in [-0.3, -0.25) is 4.90 Å². The first-order chi connectivity index (χ1) is 17.5. The highest BCUT2D eigenvalue weighted by Gasteiger charge is 2.14. The Hall–Kier alpha value is -3.84. The molecule has 36 heavy (non-hydrogen) atoms. The molecule has 0 radical (unpaired) electrons. The lowest BCUT2D eigenvalue weighted by molar-refractivity contribution is 0.257. The second-order valence-corrected chi connectivity index (χ2v) is 8.66. The molecule has 4 rings (SSSR count). The third-order valence-electron chi connectivity index (χ3n) is 6.13. The molecule has 0 aliphatic carbocycles. The highest BCUT2D eigenvalue weighted by molar-refractivity contribution is 5.84. The second-order valence-electron chi connectivity index (χ2n) is 8.66. The molecule has 0 amide bonds. The lowest BCUT2D eigenvalue weighted by Crippen LogP contribution is -2.25. The lowest BCUT2D eigenvalue weighted by Gasteiger charge is -2.23. The maximum Gasteiger partial charge on any atom is 0.161 e. The van der Waals surface area contributed by atoms with Crippen molar-refractivity contribution < 1.29 is 24.4 Å². The predicted molar refractivity (Wildman–Crippen MR) is 141 cm³/mol. The Bertz CT molecular complexity index is 1240. The van der Waals surface area contributed by atoms with Crippen LogP contribution in [0.15, 0.2) is 60.8 Å². The summed E-state index contributed by atoms with van der Waals surface area (Å²) in [4.78, 5) is 5.69. The number of aromatic nitrogens is 1. The summed E-state index contributed by atoms with van der Waals surface area (Å²) in [7, 11) is 1.67. The minimum Gasteiger partial charge on any atom is -0.504 e. The molecule has 3 N–H and O–H groups in total. The van der Waals surface area contributed by atoms with Crippen LogP contribution in [0, 0.1) is 0 Å². The van der Waals surface area contributed by atoms with Crippen molar-refractivity contribution in [2.45, 2.75) is 33.4 Å². The van der Waals surface area contributed by atoms with Gasteiger partial charge in [-0.05, 0) is 73.4 Å². The molecule has 0 fully saturated rings. The second kappa shape index (κ2) is 11.7. The van der Waals surface area contributed by atoms with Crippen LogP contribution in [0.3, 0.4) is 0 Å². The van der Waals surface area contributed by atoms with Crippen molar-refractivity contribution in [1.82, 2.24) is 9.88 Å². The number of ether oxygens (including phenoxy) is 3. The van der Waals surface area contributed by atoms with E-state index < -0.39 is 0 Å². The van der Waals surface area contributed by atoms with Crippen LogP contribution in [-0.4, -0.2) is 47.0 Å². The van der Waals surface area contributed by atoms with E-state index in [0.717, 1.165) is 35.4 Å². The molecule has 0 spiro atoms. The number of rotatable bonds is 12. The highest BCUT2D eigenvalue weighted by atomic mass is 16.5. The largest absolute Gasteiger partial charge is 0.504 e. The Labute approximate surface area is 211 Å². The standard InChI is InChI=1S/C29H34N2O5/c1-4-35-28-14-20(6-10-26(28)32)18-31(19-21-7-11-27(33)29(15-21)36-5-2)13-12-22-17-30-25-16-23(34-3)8-9-24(22)25/h6-11,14-17,30,32-33H,4-5,12-13,18-19H2,1-3H3. The summed E-state index contributed by atoms with van der Waals surface area (Å²) in [6.45, 7) is 6.91. The van der Waals surface area contributed by atoms with Gasteiger partial charge in [0.15, 0.2) is 23.0 Å². The minimum absolute atomic E-state index is 0.140. The van der Waals surface area contributed by atoms with Crippen molar-refractivity contribution in [1.29, 1.82) is 0 Å². The molecule has 1 aromatic heterocycles. The SMILES string of the molecule is CCOc1cc(CN(CCc2c[nH]c3cc(OC)ccc23)Cc2ccc(O)c(OCC)c2)ccc1O. The van der Waals surface area contributed by atoms with E-state index in [1.54, 1.807) is 19.2 Å². The van der Waals surface area contributed by atoms with Gasteiger partial charge in [0.2, 0.25) is 0 Å². The minimum atomic E-state index is 0.140. The molecule has 0 unspecified atom stereocenters. The van der Waals surface area contributed by atoms with Gasteiger partial charge in [0.05, 0.1) is 20.3 Å². The van der Waals surface area contributed by atoms with Gasteiger partial charge in [0, 0.05) is 42.8 Å². The predicted octanol–water partition coefficient (Wildman–Crippen LogP) is 5.63. The molecule has 190 valence electrons. The van der Waals surface area contributed by atoms with Gasteiger partial charge < -0.3 is 29.4 Å². The van der Waals surface area contributed by atoms with Crippen LogP contribution < -0.4 is 14.2 Å². The van der Waals surface area contributed by atoms with Crippen LogP contribution in [-0.2, 0) is 19.5 Å². The van der Waals surface area contributed by atoms with Crippen molar-refractivity contribution in [3.8, 4) is 28.7 Å². The van der Waals surface area contributed by atoms with E-state index in [4.69, 9.17) is 14.2 Å². The number of aromatic hydroxyl groups is 2. The van der Waals surface area contributed by atoms with Gasteiger partial charge in [-0.15, -0.1) is 0 Å². The average molecular weight is 491 g/mol. The maximum atomic E-state index is 10.1. The van der Waals surface area contributed by atoms with E-state index in [-0.39, 0.29) is 11.5 Å². The fourth-order valence-electron chi connectivity index (χ4n) is 4.36. The number of fused-ring (bicyclic) bond motifs is 1. The molecular formula is C29H34N2O5. The lowest BCUT2D eigenvalue weighted by atomic mass is 10.1. The number of aromatic amines is 1. The van der Waals surface area contributed by atoms with Crippen molar-refractivity contribution in [2.24, 2.45) is 0 Å². The van der Waals surface area contributed by atoms with E-state index in [1.165, 1.54) is 10.9 Å². The number of H-pyrrole nitrogens is 1. The molecule has 0 saturated heterocycles. The average Bonchev–Trinajstić information content (AvgIpc) is 3.29. The zero-order valence-electron chi connectivity index (χ0n) is 21.1. The third-order valence-corrected chi connectivity index (χ3v) is 6.13. The summed E-state index contributed by atoms with van der Waals surface area (Å²) in [6, 6.07) is 17.1. The fraction of sp³-hybridized carbons (Fsp3) is 0.310. The van der Waals surface area contributed by atoms with E-state index in [9.17, 15) is 10.2 Å². The number of methoxy groups -OCH3 is 1. The maximum absolute atomic E-state index is 10.1. The first kappa shape index (κ1) is 25.3. The van der Waals surface area contributed by atoms with Crippen LogP contribution in [0.2, 0.25) is 0 Å². The Balaban J connectivity index is 1.57. The Morgan fingerprint density at radius 2 is 1.42 bits per heavy atom. The van der Waals surface area contributed by atoms with Crippen LogP contribution in [0.1, 0.15) is 30.5 Å². The Morgan fingerprint density at radius 1 is 0.806 bits per heavy atom. The molecule has 3 aromatic carbocycles. The molecule has 1 heterocycles. The van der Waals surface area contributed by atoms with Gasteiger partial charge in [-0.25, -0.2) is 0 Å². The van der Waals surface area contributed by atoms with Crippen LogP contribution in [0.5, 0.6) is 28.7 Å². The van der Waals surface area contributed by atoms with Crippen molar-refractivity contribution >= 4 is 10.9 Å². The molecule has 0 aliphatic rings. The summed E-state index contributed by atoms with van der Waals surface area (Å²) in [6.07, 6.45) is 2.91. The number of hydrogen-bond donors (Lipinski definition) is 3. The number of hydrogen-bond acceptors (Lipinski definition) is 6. The van der Waals surface area contributed by atoms with E-state index in [2.05, 4.69) is 22.1 Å². The Morgan fingerprint density at radius 3 is 1.97 bits per heavy atom. The third kappa shape index (κ3) is 6.04. The summed E-state index contributed by atoms with van der Waals surface area (Å²) < 4.78 is 16.5. The summed E-state index contributed by atoms with van der Waals surface area (Å²) in [5.74, 6) is 2.09. The van der Waals surface area contributed by atoms with Gasteiger partial charge in [-0.1, -0.05) is 12.1 Å². The van der Waals surface area contributed by atoms with Crippen molar-refractivity contribution in [2.75, 3.05) is 26.9 Å². The molecule has 7 nitrogen and oxygen atoms in total. The molecule has 0 atom stereocenters. The molecular weight excluding hydrogens is 456 g/mol. The van der Waals surface area contributed by atoms with Gasteiger partial charge in [0.25, 0.3) is 0 Å². The van der Waals surface area contributed by atoms with E-state index in [0.29, 0.717) is 37.8 Å². The monoisotopic (exact) mass is 490 g/mol. The van der Waals surface area contributed by atoms with Crippen molar-refractivity contribution in [3.05, 3.63) is 77.5 Å². The number of nitrogens with zero attached hydrogens (tertiary/aromatic N) is 1. The molecule has 0 aliphatic heterocycles. The molecule has 4 aromatic rings. The van der Waals surface area contributed by atoms with Gasteiger partial charge in [0.1, 0.15) is 5.75 Å². The normalized spacial score (nSPS) is 11.2. The topological polar surface area (TPSA) is 87.2 Å². The Kier molecular flexibility index (Phi) is 8.23. The van der Waals surface area contributed by atoms with Gasteiger partial charge in [-0.2, -0.15) is 0 Å². The van der Waals surface area contributed by atoms with E-state index >= 15 is 0 Å². The zero-order valence-corrected chi connectivity index (χ0v) is 21.1. The zero-order chi connectivity index (χ0) is 25.5. The molecule has 7 heteroatoms. The first-order valence-electron chi connectivity index (χ1n) is 12.3. The van der Waals surface area contributed by atoms with Gasteiger partial charge >= 0.3 is 0 Å². The van der Waals surface area contributed by atoms with Crippen LogP contribution in [0.4, 0.5) is 0 Å². The summed E-state index contributed by atoms with van der Waals surface area (Å²) >= 11 is 0. The quantitative estimate of drug-likeness (QED) is 0.239. The number of nitrogens with one attached hydrogen (secondary N) is 1. The number of benzene rings is 3. The first-order valence-corrected chi connectivity index (χ1v) is 12.3. The number of phenols is 2. The molecule has 0 bridgehead atoms. The smallest absolute Gasteiger partial charge is 0.161 e. The molecule has 0 saturated carbocycles. The van der Waals surface area contributed by atoms with Crippen LogP contribution in [0.25, 0.3) is 10.9 Å². The summed E-state index contributed by atoms with van der Waals surface area (Å²) in [5, 5.41) is 21.4.